The SMILES string of the molecule is CCCNc1ccc(C(=O)N(CCC)CC2CC2)cc1C. The molecule has 1 amide bonds. The highest BCUT2D eigenvalue weighted by atomic mass is 16.2. The number of nitrogens with zero attached hydrogens (tertiary/aromatic N) is 1. The van der Waals surface area contributed by atoms with Gasteiger partial charge in [-0.3, -0.25) is 4.79 Å². The molecule has 0 saturated heterocycles. The molecule has 21 heavy (non-hydrogen) atoms. The zero-order valence-corrected chi connectivity index (χ0v) is 13.6. The molecule has 1 N–H and O–H groups in total. The summed E-state index contributed by atoms with van der Waals surface area (Å²) in [6, 6.07) is 6.03. The fourth-order valence-corrected chi connectivity index (χ4v) is 2.60. The molecule has 3 heteroatoms. The van der Waals surface area contributed by atoms with Crippen molar-refractivity contribution < 1.29 is 4.79 Å². The minimum atomic E-state index is 0.189. The first-order valence-electron chi connectivity index (χ1n) is 8.29. The van der Waals surface area contributed by atoms with Crippen LogP contribution in [-0.2, 0) is 0 Å². The first-order valence-corrected chi connectivity index (χ1v) is 8.29. The van der Waals surface area contributed by atoms with E-state index in [1.807, 2.05) is 23.1 Å². The van der Waals surface area contributed by atoms with E-state index in [4.69, 9.17) is 0 Å². The highest BCUT2D eigenvalue weighted by molar-refractivity contribution is 5.95. The number of rotatable bonds is 8. The van der Waals surface area contributed by atoms with Crippen LogP contribution in [0.3, 0.4) is 0 Å². The van der Waals surface area contributed by atoms with Gasteiger partial charge in [-0.1, -0.05) is 13.8 Å². The quantitative estimate of drug-likeness (QED) is 0.781. The topological polar surface area (TPSA) is 32.3 Å². The number of nitrogens with one attached hydrogen (secondary N) is 1. The van der Waals surface area contributed by atoms with Crippen LogP contribution in [0.5, 0.6) is 0 Å². The van der Waals surface area contributed by atoms with Crippen molar-refractivity contribution in [2.45, 2.75) is 46.5 Å². The number of anilines is 1. The van der Waals surface area contributed by atoms with E-state index in [0.29, 0.717) is 0 Å². The number of aryl methyl sites for hydroxylation is 1. The van der Waals surface area contributed by atoms with Crippen molar-refractivity contribution in [3.8, 4) is 0 Å². The van der Waals surface area contributed by atoms with Crippen molar-refractivity contribution in [2.24, 2.45) is 5.92 Å². The van der Waals surface area contributed by atoms with E-state index in [2.05, 4.69) is 26.1 Å². The van der Waals surface area contributed by atoms with Crippen LogP contribution in [0, 0.1) is 12.8 Å². The second-order valence-corrected chi connectivity index (χ2v) is 6.15. The summed E-state index contributed by atoms with van der Waals surface area (Å²) in [7, 11) is 0. The van der Waals surface area contributed by atoms with Crippen LogP contribution < -0.4 is 5.32 Å². The van der Waals surface area contributed by atoms with Crippen LogP contribution in [0.1, 0.15) is 55.5 Å². The maximum absolute atomic E-state index is 12.7. The number of hydrogen-bond donors (Lipinski definition) is 1. The molecule has 0 atom stereocenters. The highest BCUT2D eigenvalue weighted by Crippen LogP contribution is 2.30. The second kappa shape index (κ2) is 7.48. The fourth-order valence-electron chi connectivity index (χ4n) is 2.60. The number of amides is 1. The molecule has 2 rings (SSSR count). The molecule has 0 spiro atoms. The van der Waals surface area contributed by atoms with E-state index >= 15 is 0 Å². The third-order valence-electron chi connectivity index (χ3n) is 4.00. The number of carbonyl (C=O) groups is 1. The summed E-state index contributed by atoms with van der Waals surface area (Å²) in [5, 5.41) is 3.40. The number of hydrogen-bond acceptors (Lipinski definition) is 2. The van der Waals surface area contributed by atoms with Crippen molar-refractivity contribution in [3.63, 3.8) is 0 Å². The van der Waals surface area contributed by atoms with E-state index in [0.717, 1.165) is 55.2 Å². The Morgan fingerprint density at radius 1 is 1.29 bits per heavy atom. The first kappa shape index (κ1) is 15.9. The zero-order valence-electron chi connectivity index (χ0n) is 13.6. The summed E-state index contributed by atoms with van der Waals surface area (Å²) in [5.41, 5.74) is 3.11. The molecule has 0 bridgehead atoms. The molecular weight excluding hydrogens is 260 g/mol. The molecule has 0 radical (unpaired) electrons. The van der Waals surface area contributed by atoms with Crippen molar-refractivity contribution >= 4 is 11.6 Å². The van der Waals surface area contributed by atoms with E-state index in [1.165, 1.54) is 12.8 Å². The van der Waals surface area contributed by atoms with Crippen molar-refractivity contribution in [3.05, 3.63) is 29.3 Å². The lowest BCUT2D eigenvalue weighted by Gasteiger charge is -2.22. The normalized spacial score (nSPS) is 14.0. The van der Waals surface area contributed by atoms with E-state index < -0.39 is 0 Å². The van der Waals surface area contributed by atoms with Gasteiger partial charge in [0.25, 0.3) is 5.91 Å². The summed E-state index contributed by atoms with van der Waals surface area (Å²) >= 11 is 0. The Bertz CT molecular complexity index is 480. The van der Waals surface area contributed by atoms with E-state index in [1.54, 1.807) is 0 Å². The van der Waals surface area contributed by atoms with Crippen molar-refractivity contribution in [1.82, 2.24) is 4.90 Å². The highest BCUT2D eigenvalue weighted by Gasteiger charge is 2.26. The van der Waals surface area contributed by atoms with Gasteiger partial charge in [0, 0.05) is 30.9 Å². The standard InChI is InChI=1S/C18H28N2O/c1-4-10-19-17-9-8-16(12-14(17)3)18(21)20(11-5-2)13-15-6-7-15/h8-9,12,15,19H,4-7,10-11,13H2,1-3H3. The van der Waals surface area contributed by atoms with Gasteiger partial charge in [0.05, 0.1) is 0 Å². The lowest BCUT2D eigenvalue weighted by Crippen LogP contribution is -2.33. The molecule has 0 unspecified atom stereocenters. The fraction of sp³-hybridized carbons (Fsp3) is 0.611. The van der Waals surface area contributed by atoms with Crippen LogP contribution in [0.4, 0.5) is 5.69 Å². The lowest BCUT2D eigenvalue weighted by molar-refractivity contribution is 0.0747. The Labute approximate surface area is 128 Å². The smallest absolute Gasteiger partial charge is 0.253 e. The molecule has 0 heterocycles. The molecule has 1 aromatic rings. The Morgan fingerprint density at radius 3 is 2.62 bits per heavy atom. The average molecular weight is 288 g/mol. The van der Waals surface area contributed by atoms with Crippen LogP contribution in [0.15, 0.2) is 18.2 Å². The average Bonchev–Trinajstić information content (AvgIpc) is 3.29. The minimum Gasteiger partial charge on any atom is -0.385 e. The van der Waals surface area contributed by atoms with Crippen LogP contribution in [0.25, 0.3) is 0 Å². The number of carbonyl (C=O) groups excluding carboxylic acids is 1. The van der Waals surface area contributed by atoms with Gasteiger partial charge in [-0.25, -0.2) is 0 Å². The van der Waals surface area contributed by atoms with Gasteiger partial charge in [-0.2, -0.15) is 0 Å². The Morgan fingerprint density at radius 2 is 2.05 bits per heavy atom. The van der Waals surface area contributed by atoms with E-state index in [-0.39, 0.29) is 5.91 Å². The molecule has 1 aliphatic carbocycles. The van der Waals surface area contributed by atoms with Gasteiger partial charge in [-0.15, -0.1) is 0 Å². The molecule has 1 saturated carbocycles. The van der Waals surface area contributed by atoms with Crippen LogP contribution in [-0.4, -0.2) is 30.4 Å². The van der Waals surface area contributed by atoms with E-state index in [9.17, 15) is 4.79 Å². The molecule has 1 aliphatic rings. The molecule has 1 fully saturated rings. The number of benzene rings is 1. The molecule has 0 aliphatic heterocycles. The third kappa shape index (κ3) is 4.48. The minimum absolute atomic E-state index is 0.189. The van der Waals surface area contributed by atoms with Crippen molar-refractivity contribution in [2.75, 3.05) is 25.0 Å². The summed E-state index contributed by atoms with van der Waals surface area (Å²) < 4.78 is 0. The molecule has 0 aromatic heterocycles. The lowest BCUT2D eigenvalue weighted by atomic mass is 10.1. The van der Waals surface area contributed by atoms with Crippen LogP contribution >= 0.6 is 0 Å². The van der Waals surface area contributed by atoms with Gasteiger partial charge >= 0.3 is 0 Å². The van der Waals surface area contributed by atoms with Crippen molar-refractivity contribution in [1.29, 1.82) is 0 Å². The third-order valence-corrected chi connectivity index (χ3v) is 4.00. The summed E-state index contributed by atoms with van der Waals surface area (Å²) in [6.45, 7) is 9.13. The predicted molar refractivity (Wildman–Crippen MR) is 88.9 cm³/mol. The first-order chi connectivity index (χ1) is 10.2. The Kier molecular flexibility index (Phi) is 5.66. The summed E-state index contributed by atoms with van der Waals surface area (Å²) in [4.78, 5) is 14.7. The second-order valence-electron chi connectivity index (χ2n) is 6.15. The largest absolute Gasteiger partial charge is 0.385 e. The summed E-state index contributed by atoms with van der Waals surface area (Å²) in [6.07, 6.45) is 4.69. The molecule has 116 valence electrons. The Balaban J connectivity index is 2.07. The molecule has 1 aromatic carbocycles. The van der Waals surface area contributed by atoms with Gasteiger partial charge in [0.15, 0.2) is 0 Å². The maximum atomic E-state index is 12.7. The van der Waals surface area contributed by atoms with Gasteiger partial charge in [-0.05, 0) is 62.3 Å². The molecule has 3 nitrogen and oxygen atoms in total. The Hall–Kier alpha value is -1.51. The summed E-state index contributed by atoms with van der Waals surface area (Å²) in [5.74, 6) is 0.931. The zero-order chi connectivity index (χ0) is 15.2. The molecular formula is C18H28N2O. The monoisotopic (exact) mass is 288 g/mol. The maximum Gasteiger partial charge on any atom is 0.253 e. The van der Waals surface area contributed by atoms with Gasteiger partial charge in [0.2, 0.25) is 0 Å². The van der Waals surface area contributed by atoms with Gasteiger partial charge in [0.1, 0.15) is 0 Å². The van der Waals surface area contributed by atoms with Crippen LogP contribution in [0.2, 0.25) is 0 Å². The van der Waals surface area contributed by atoms with Gasteiger partial charge < -0.3 is 10.2 Å². The predicted octanol–water partition coefficient (Wildman–Crippen LogP) is 4.08.